The number of hydrogen-bond donors (Lipinski definition) is 0. The average Bonchev–Trinajstić information content (AvgIpc) is 3.04. The topological polar surface area (TPSA) is 34.6 Å². The van der Waals surface area contributed by atoms with Crippen LogP contribution in [0, 0.1) is 5.92 Å². The van der Waals surface area contributed by atoms with Gasteiger partial charge in [-0.3, -0.25) is 0 Å². The van der Waals surface area contributed by atoms with Crippen LogP contribution in [0.25, 0.3) is 11.3 Å². The summed E-state index contributed by atoms with van der Waals surface area (Å²) in [7, 11) is 3.30. The van der Waals surface area contributed by atoms with Gasteiger partial charge in [-0.15, -0.1) is 11.3 Å². The average molecular weight is 318 g/mol. The molecule has 118 valence electrons. The molecular weight excluding hydrogens is 296 g/mol. The lowest BCUT2D eigenvalue weighted by Gasteiger charge is -2.30. The highest BCUT2D eigenvalue weighted by molar-refractivity contribution is 7.14. The Balaban J connectivity index is 1.84. The molecule has 1 unspecified atom stereocenters. The lowest BCUT2D eigenvalue weighted by Crippen LogP contribution is -2.34. The minimum absolute atomic E-state index is 0.737. The summed E-state index contributed by atoms with van der Waals surface area (Å²) in [4.78, 5) is 7.22. The van der Waals surface area contributed by atoms with Gasteiger partial charge in [0.2, 0.25) is 0 Å². The summed E-state index contributed by atoms with van der Waals surface area (Å²) >= 11 is 1.72. The Morgan fingerprint density at radius 3 is 2.77 bits per heavy atom. The molecule has 0 saturated carbocycles. The maximum Gasteiger partial charge on any atom is 0.185 e. The smallest absolute Gasteiger partial charge is 0.185 e. The number of nitrogens with zero attached hydrogens (tertiary/aromatic N) is 2. The molecule has 5 heteroatoms. The van der Waals surface area contributed by atoms with E-state index in [0.29, 0.717) is 0 Å². The maximum absolute atomic E-state index is 5.38. The summed E-state index contributed by atoms with van der Waals surface area (Å²) in [5, 5.41) is 3.24. The number of piperidine rings is 1. The van der Waals surface area contributed by atoms with E-state index in [1.54, 1.807) is 25.6 Å². The lowest BCUT2D eigenvalue weighted by atomic mass is 10.0. The van der Waals surface area contributed by atoms with E-state index < -0.39 is 0 Å². The van der Waals surface area contributed by atoms with E-state index in [4.69, 9.17) is 14.5 Å². The van der Waals surface area contributed by atoms with Gasteiger partial charge in [-0.25, -0.2) is 4.98 Å². The van der Waals surface area contributed by atoms with E-state index in [1.807, 2.05) is 18.2 Å². The molecule has 0 spiro atoms. The number of anilines is 1. The first-order valence-corrected chi connectivity index (χ1v) is 8.52. The van der Waals surface area contributed by atoms with Crippen LogP contribution in [0.2, 0.25) is 0 Å². The first-order chi connectivity index (χ1) is 10.7. The number of thiazole rings is 1. The predicted molar refractivity (Wildman–Crippen MR) is 91.3 cm³/mol. The van der Waals surface area contributed by atoms with E-state index in [1.165, 1.54) is 12.8 Å². The molecular formula is C17H22N2O2S. The molecule has 1 fully saturated rings. The molecule has 1 atom stereocenters. The molecule has 1 aromatic carbocycles. The largest absolute Gasteiger partial charge is 0.493 e. The van der Waals surface area contributed by atoms with E-state index >= 15 is 0 Å². The van der Waals surface area contributed by atoms with Gasteiger partial charge < -0.3 is 14.4 Å². The maximum atomic E-state index is 5.38. The van der Waals surface area contributed by atoms with Gasteiger partial charge >= 0.3 is 0 Å². The molecule has 3 rings (SSSR count). The fraction of sp³-hybridized carbons (Fsp3) is 0.471. The zero-order valence-corrected chi connectivity index (χ0v) is 14.2. The fourth-order valence-corrected chi connectivity index (χ4v) is 3.77. The van der Waals surface area contributed by atoms with Crippen molar-refractivity contribution in [2.45, 2.75) is 19.8 Å². The third-order valence-electron chi connectivity index (χ3n) is 4.10. The highest BCUT2D eigenvalue weighted by Gasteiger charge is 2.19. The van der Waals surface area contributed by atoms with E-state index in [-0.39, 0.29) is 0 Å². The number of rotatable bonds is 4. The highest BCUT2D eigenvalue weighted by Crippen LogP contribution is 2.35. The van der Waals surface area contributed by atoms with E-state index in [2.05, 4.69) is 17.2 Å². The summed E-state index contributed by atoms with van der Waals surface area (Å²) < 4.78 is 10.7. The SMILES string of the molecule is COc1ccc(-c2csc(N3CCCC(C)C3)n2)cc1OC. The molecule has 1 aliphatic heterocycles. The molecule has 22 heavy (non-hydrogen) atoms. The molecule has 1 aliphatic rings. The minimum atomic E-state index is 0.737. The van der Waals surface area contributed by atoms with Gasteiger partial charge in [0.25, 0.3) is 0 Å². The second kappa shape index (κ2) is 6.57. The van der Waals surface area contributed by atoms with Crippen molar-refractivity contribution in [1.29, 1.82) is 0 Å². The van der Waals surface area contributed by atoms with Crippen molar-refractivity contribution in [2.24, 2.45) is 5.92 Å². The Morgan fingerprint density at radius 2 is 2.05 bits per heavy atom. The number of aromatic nitrogens is 1. The Hall–Kier alpha value is -1.75. The van der Waals surface area contributed by atoms with E-state index in [0.717, 1.165) is 46.9 Å². The number of methoxy groups -OCH3 is 2. The highest BCUT2D eigenvalue weighted by atomic mass is 32.1. The van der Waals surface area contributed by atoms with Crippen LogP contribution < -0.4 is 14.4 Å². The van der Waals surface area contributed by atoms with Gasteiger partial charge in [0, 0.05) is 24.0 Å². The molecule has 0 bridgehead atoms. The van der Waals surface area contributed by atoms with Crippen LogP contribution in [-0.2, 0) is 0 Å². The van der Waals surface area contributed by atoms with Gasteiger partial charge in [-0.1, -0.05) is 6.92 Å². The van der Waals surface area contributed by atoms with Crippen LogP contribution in [0.4, 0.5) is 5.13 Å². The standard InChI is InChI=1S/C17H22N2O2S/c1-12-5-4-8-19(10-12)17-18-14(11-22-17)13-6-7-15(20-2)16(9-13)21-3/h6-7,9,11-12H,4-5,8,10H2,1-3H3. The van der Waals surface area contributed by atoms with E-state index in [9.17, 15) is 0 Å². The third kappa shape index (κ3) is 3.04. The van der Waals surface area contributed by atoms with Gasteiger partial charge in [0.05, 0.1) is 19.9 Å². The Kier molecular flexibility index (Phi) is 4.52. The van der Waals surface area contributed by atoms with Crippen molar-refractivity contribution in [3.8, 4) is 22.8 Å². The zero-order valence-electron chi connectivity index (χ0n) is 13.3. The number of benzene rings is 1. The van der Waals surface area contributed by atoms with Crippen molar-refractivity contribution in [3.05, 3.63) is 23.6 Å². The molecule has 0 amide bonds. The van der Waals surface area contributed by atoms with Gasteiger partial charge in [0.1, 0.15) is 0 Å². The van der Waals surface area contributed by atoms with Crippen LogP contribution in [0.3, 0.4) is 0 Å². The quantitative estimate of drug-likeness (QED) is 0.851. The second-order valence-electron chi connectivity index (χ2n) is 5.78. The summed E-state index contributed by atoms with van der Waals surface area (Å²) in [6.07, 6.45) is 2.58. The summed E-state index contributed by atoms with van der Waals surface area (Å²) in [6.45, 7) is 4.54. The minimum Gasteiger partial charge on any atom is -0.493 e. The van der Waals surface area contributed by atoms with Crippen molar-refractivity contribution in [1.82, 2.24) is 4.98 Å². The third-order valence-corrected chi connectivity index (χ3v) is 5.00. The Bertz CT molecular complexity index is 641. The molecule has 1 saturated heterocycles. The summed E-state index contributed by atoms with van der Waals surface area (Å²) in [6, 6.07) is 5.94. The van der Waals surface area contributed by atoms with Crippen LogP contribution in [-0.4, -0.2) is 32.3 Å². The molecule has 4 nitrogen and oxygen atoms in total. The number of hydrogen-bond acceptors (Lipinski definition) is 5. The van der Waals surface area contributed by atoms with Crippen molar-refractivity contribution in [3.63, 3.8) is 0 Å². The van der Waals surface area contributed by atoms with Crippen LogP contribution in [0.1, 0.15) is 19.8 Å². The second-order valence-corrected chi connectivity index (χ2v) is 6.62. The first-order valence-electron chi connectivity index (χ1n) is 7.64. The van der Waals surface area contributed by atoms with Gasteiger partial charge in [0.15, 0.2) is 16.6 Å². The Morgan fingerprint density at radius 1 is 1.23 bits per heavy atom. The lowest BCUT2D eigenvalue weighted by molar-refractivity contribution is 0.355. The van der Waals surface area contributed by atoms with Crippen molar-refractivity contribution >= 4 is 16.5 Å². The van der Waals surface area contributed by atoms with Crippen molar-refractivity contribution < 1.29 is 9.47 Å². The van der Waals surface area contributed by atoms with Crippen LogP contribution >= 0.6 is 11.3 Å². The zero-order chi connectivity index (χ0) is 15.5. The molecule has 1 aromatic heterocycles. The monoisotopic (exact) mass is 318 g/mol. The molecule has 2 heterocycles. The normalized spacial score (nSPS) is 18.3. The van der Waals surface area contributed by atoms with Gasteiger partial charge in [-0.05, 0) is 37.0 Å². The summed E-state index contributed by atoms with van der Waals surface area (Å²) in [5.74, 6) is 2.23. The Labute approximate surface area is 135 Å². The predicted octanol–water partition coefficient (Wildman–Crippen LogP) is 4.06. The van der Waals surface area contributed by atoms with Crippen molar-refractivity contribution in [2.75, 3.05) is 32.2 Å². The molecule has 2 aromatic rings. The first kappa shape index (κ1) is 15.2. The summed E-state index contributed by atoms with van der Waals surface area (Å²) in [5.41, 5.74) is 2.06. The molecule has 0 N–H and O–H groups in total. The number of ether oxygens (including phenoxy) is 2. The molecule has 0 aliphatic carbocycles. The molecule has 0 radical (unpaired) electrons. The van der Waals surface area contributed by atoms with Crippen LogP contribution in [0.5, 0.6) is 11.5 Å². The van der Waals surface area contributed by atoms with Crippen LogP contribution in [0.15, 0.2) is 23.6 Å². The fourth-order valence-electron chi connectivity index (χ4n) is 2.90. The van der Waals surface area contributed by atoms with Gasteiger partial charge in [-0.2, -0.15) is 0 Å².